The molecule has 1 aromatic heterocycles. The van der Waals surface area contributed by atoms with Crippen molar-refractivity contribution >= 4 is 38.8 Å². The molecule has 0 bridgehead atoms. The zero-order valence-electron chi connectivity index (χ0n) is 38.5. The molecule has 0 fully saturated rings. The van der Waals surface area contributed by atoms with Gasteiger partial charge in [0, 0.05) is 33.5 Å². The van der Waals surface area contributed by atoms with Crippen molar-refractivity contribution in [1.82, 2.24) is 4.57 Å². The summed E-state index contributed by atoms with van der Waals surface area (Å²) in [7, 11) is 0. The van der Waals surface area contributed by atoms with Crippen LogP contribution in [0.3, 0.4) is 0 Å². The third kappa shape index (κ3) is 8.21. The lowest BCUT2D eigenvalue weighted by Gasteiger charge is -2.30. The summed E-state index contributed by atoms with van der Waals surface area (Å²) in [4.78, 5) is 2.43. The number of anilines is 2. The van der Waals surface area contributed by atoms with Gasteiger partial charge in [0.2, 0.25) is 0 Å². The highest BCUT2D eigenvalue weighted by atomic mass is 15.1. The van der Waals surface area contributed by atoms with Crippen LogP contribution in [0, 0.1) is 0 Å². The molecule has 9 aromatic carbocycles. The van der Waals surface area contributed by atoms with Crippen molar-refractivity contribution in [2.24, 2.45) is 0 Å². The molecule has 67 heavy (non-hydrogen) atoms. The summed E-state index contributed by atoms with van der Waals surface area (Å²) in [5.41, 5.74) is 21.1. The number of aromatic nitrogens is 1. The Labute approximate surface area is 395 Å². The Morgan fingerprint density at radius 1 is 0.403 bits per heavy atom. The van der Waals surface area contributed by atoms with Gasteiger partial charge in [0.05, 0.1) is 11.0 Å². The number of fused-ring (bicyclic) bond motifs is 3. The van der Waals surface area contributed by atoms with E-state index in [0.29, 0.717) is 0 Å². The fraction of sp³-hybridized carbons (Fsp3) is 0.108. The minimum Gasteiger partial charge on any atom is -0.314 e. The quantitative estimate of drug-likeness (QED) is 0.126. The molecule has 0 spiro atoms. The minimum absolute atomic E-state index is 0.157. The molecule has 0 saturated carbocycles. The van der Waals surface area contributed by atoms with Crippen LogP contribution < -0.4 is 4.90 Å². The molecular formula is C65H54N2. The Kier molecular flexibility index (Phi) is 11.1. The average Bonchev–Trinajstić information content (AvgIpc) is 3.73. The lowest BCUT2D eigenvalue weighted by Crippen LogP contribution is -2.17. The molecule has 10 aromatic rings. The number of rotatable bonds is 11. The standard InChI is InChI=1S/C65H54N2/c1-4-65(2,3)56-34-24-53(25-35-56)55-33-43-64-62(45-55)61-44-54(32-42-63(61)67(64)57-18-12-7-13-19-57)52-22-20-48(21-23-52)51-30-40-60(41-31-51)66(58-36-26-49(27-37-58)46-14-8-5-9-15-46)59-38-28-50(29-39-59)47-16-10-6-11-17-47/h5-30,32-40,42-45H,4,31,41H2,1-3H3. The van der Waals surface area contributed by atoms with Crippen LogP contribution in [-0.2, 0) is 5.41 Å². The predicted octanol–water partition coefficient (Wildman–Crippen LogP) is 18.0. The third-order valence-electron chi connectivity index (χ3n) is 14.1. The molecule has 1 aliphatic carbocycles. The Morgan fingerprint density at radius 3 is 1.27 bits per heavy atom. The molecular weight excluding hydrogens is 809 g/mol. The zero-order valence-corrected chi connectivity index (χ0v) is 38.5. The predicted molar refractivity (Wildman–Crippen MR) is 286 cm³/mol. The maximum Gasteiger partial charge on any atom is 0.0541 e. The summed E-state index contributed by atoms with van der Waals surface area (Å²) >= 11 is 0. The molecule has 0 atom stereocenters. The monoisotopic (exact) mass is 862 g/mol. The highest BCUT2D eigenvalue weighted by molar-refractivity contribution is 6.11. The van der Waals surface area contributed by atoms with E-state index < -0.39 is 0 Å². The average molecular weight is 863 g/mol. The molecule has 2 nitrogen and oxygen atoms in total. The molecule has 0 saturated heterocycles. The van der Waals surface area contributed by atoms with Gasteiger partial charge in [0.1, 0.15) is 0 Å². The number of allylic oxidation sites excluding steroid dienone is 4. The molecule has 0 unspecified atom stereocenters. The van der Waals surface area contributed by atoms with Crippen LogP contribution in [0.2, 0.25) is 0 Å². The van der Waals surface area contributed by atoms with E-state index in [-0.39, 0.29) is 5.41 Å². The van der Waals surface area contributed by atoms with Crippen LogP contribution in [0.4, 0.5) is 11.4 Å². The highest BCUT2D eigenvalue weighted by Gasteiger charge is 2.21. The number of hydrogen-bond donors (Lipinski definition) is 0. The number of hydrogen-bond acceptors (Lipinski definition) is 1. The molecule has 324 valence electrons. The van der Waals surface area contributed by atoms with E-state index in [1.54, 1.807) is 0 Å². The second-order valence-electron chi connectivity index (χ2n) is 18.5. The van der Waals surface area contributed by atoms with E-state index in [9.17, 15) is 0 Å². The zero-order chi connectivity index (χ0) is 45.3. The van der Waals surface area contributed by atoms with Crippen LogP contribution in [0.5, 0.6) is 0 Å². The van der Waals surface area contributed by atoms with Crippen molar-refractivity contribution < 1.29 is 0 Å². The fourth-order valence-corrected chi connectivity index (χ4v) is 9.83. The van der Waals surface area contributed by atoms with Gasteiger partial charge < -0.3 is 9.47 Å². The van der Waals surface area contributed by atoms with Crippen LogP contribution in [-0.4, -0.2) is 4.57 Å². The molecule has 0 amide bonds. The first-order valence-electron chi connectivity index (χ1n) is 23.8. The lowest BCUT2D eigenvalue weighted by molar-refractivity contribution is 0.506. The van der Waals surface area contributed by atoms with E-state index in [1.165, 1.54) is 94.4 Å². The smallest absolute Gasteiger partial charge is 0.0541 e. The van der Waals surface area contributed by atoms with Crippen LogP contribution in [0.25, 0.3) is 77.6 Å². The van der Waals surface area contributed by atoms with Gasteiger partial charge >= 0.3 is 0 Å². The summed E-state index contributed by atoms with van der Waals surface area (Å²) in [6, 6.07) is 82.4. The van der Waals surface area contributed by atoms with Crippen LogP contribution >= 0.6 is 0 Å². The van der Waals surface area contributed by atoms with Gasteiger partial charge in [-0.05, 0) is 153 Å². The molecule has 1 aliphatic rings. The van der Waals surface area contributed by atoms with Crippen molar-refractivity contribution in [1.29, 1.82) is 0 Å². The Hall–Kier alpha value is -7.94. The highest BCUT2D eigenvalue weighted by Crippen LogP contribution is 2.41. The second kappa shape index (κ2) is 17.8. The van der Waals surface area contributed by atoms with Gasteiger partial charge in [-0.15, -0.1) is 0 Å². The molecule has 1 heterocycles. The first-order chi connectivity index (χ1) is 32.9. The summed E-state index contributed by atoms with van der Waals surface area (Å²) in [5, 5.41) is 2.52. The normalized spacial score (nSPS) is 12.8. The van der Waals surface area contributed by atoms with Crippen LogP contribution in [0.15, 0.2) is 242 Å². The van der Waals surface area contributed by atoms with Gasteiger partial charge in [0.25, 0.3) is 0 Å². The minimum atomic E-state index is 0.157. The van der Waals surface area contributed by atoms with E-state index >= 15 is 0 Å². The van der Waals surface area contributed by atoms with E-state index in [2.05, 4.69) is 267 Å². The van der Waals surface area contributed by atoms with Gasteiger partial charge in [0.15, 0.2) is 0 Å². The van der Waals surface area contributed by atoms with E-state index in [4.69, 9.17) is 0 Å². The van der Waals surface area contributed by atoms with Crippen molar-refractivity contribution in [3.05, 3.63) is 253 Å². The SMILES string of the molecule is CCC(C)(C)c1ccc(-c2ccc3c(c2)c2cc(-c4ccc(C5=CC=C(N(c6ccc(-c7ccccc7)cc6)c6ccc(-c7ccccc7)cc6)CC5)cc4)ccc2n3-c2ccccc2)cc1. The first-order valence-corrected chi connectivity index (χ1v) is 23.8. The van der Waals surface area contributed by atoms with E-state index in [0.717, 1.165) is 30.6 Å². The largest absolute Gasteiger partial charge is 0.314 e. The second-order valence-corrected chi connectivity index (χ2v) is 18.5. The summed E-state index contributed by atoms with van der Waals surface area (Å²) in [6.45, 7) is 6.92. The maximum atomic E-state index is 2.43. The number of benzene rings is 9. The van der Waals surface area contributed by atoms with E-state index in [1.807, 2.05) is 0 Å². The molecule has 0 radical (unpaired) electrons. The number of para-hydroxylation sites is 1. The summed E-state index contributed by atoms with van der Waals surface area (Å²) in [5.74, 6) is 0. The third-order valence-corrected chi connectivity index (χ3v) is 14.1. The summed E-state index contributed by atoms with van der Waals surface area (Å²) < 4.78 is 2.41. The lowest BCUT2D eigenvalue weighted by atomic mass is 9.82. The fourth-order valence-electron chi connectivity index (χ4n) is 9.83. The van der Waals surface area contributed by atoms with Crippen LogP contribution in [0.1, 0.15) is 51.2 Å². The number of nitrogens with zero attached hydrogens (tertiary/aromatic N) is 2. The van der Waals surface area contributed by atoms with Gasteiger partial charge in [-0.1, -0.05) is 191 Å². The summed E-state index contributed by atoms with van der Waals surface area (Å²) in [6.07, 6.45) is 7.65. The molecule has 11 rings (SSSR count). The Bertz CT molecular complexity index is 3310. The Balaban J connectivity index is 0.908. The molecule has 0 N–H and O–H groups in total. The molecule has 0 aliphatic heterocycles. The van der Waals surface area contributed by atoms with Crippen molar-refractivity contribution in [3.63, 3.8) is 0 Å². The van der Waals surface area contributed by atoms with Crippen molar-refractivity contribution in [2.45, 2.75) is 45.4 Å². The maximum absolute atomic E-state index is 2.43. The van der Waals surface area contributed by atoms with Gasteiger partial charge in [-0.25, -0.2) is 0 Å². The van der Waals surface area contributed by atoms with Gasteiger partial charge in [-0.3, -0.25) is 0 Å². The first kappa shape index (κ1) is 41.7. The molecule has 2 heteroatoms. The topological polar surface area (TPSA) is 8.17 Å². The van der Waals surface area contributed by atoms with Crippen molar-refractivity contribution in [2.75, 3.05) is 4.90 Å². The van der Waals surface area contributed by atoms with Gasteiger partial charge in [-0.2, -0.15) is 0 Å². The van der Waals surface area contributed by atoms with Crippen molar-refractivity contribution in [3.8, 4) is 50.2 Å². The Morgan fingerprint density at radius 2 is 0.806 bits per heavy atom.